The monoisotopic (exact) mass is 274 g/mol. The van der Waals surface area contributed by atoms with E-state index in [0.29, 0.717) is 0 Å². The molecule has 1 nitrogen and oxygen atoms in total. The van der Waals surface area contributed by atoms with Gasteiger partial charge in [0.25, 0.3) is 0 Å². The van der Waals surface area contributed by atoms with Crippen LogP contribution in [-0.4, -0.2) is 5.11 Å². The molecule has 0 bridgehead atoms. The molecule has 0 aromatic heterocycles. The zero-order valence-electron chi connectivity index (χ0n) is 5.56. The summed E-state index contributed by atoms with van der Waals surface area (Å²) in [7, 11) is 0. The summed E-state index contributed by atoms with van der Waals surface area (Å²) < 4.78 is 0.942. The van der Waals surface area contributed by atoms with Gasteiger partial charge in [0.15, 0.2) is 0 Å². The van der Waals surface area contributed by atoms with Crippen molar-refractivity contribution in [3.05, 3.63) is 28.2 Å². The zero-order chi connectivity index (χ0) is 6.85. The average molecular weight is 275 g/mol. The second-order valence-corrected chi connectivity index (χ2v) is 2.77. The van der Waals surface area contributed by atoms with E-state index in [1.54, 1.807) is 6.07 Å². The molecule has 1 N–H and O–H groups in total. The summed E-state index contributed by atoms with van der Waals surface area (Å²) in [6, 6.07) is 6.20. The Bertz CT molecular complexity index is 225. The largest absolute Gasteiger partial charge is 0.534 e. The van der Waals surface area contributed by atoms with Gasteiger partial charge in [-0.2, -0.15) is 12.1 Å². The zero-order valence-corrected chi connectivity index (χ0v) is 9.98. The van der Waals surface area contributed by atoms with Gasteiger partial charge in [-0.15, -0.1) is 27.6 Å². The Balaban J connectivity index is 0.000000810. The third-order valence-corrected chi connectivity index (χ3v) is 1.53. The molecule has 10 heavy (non-hydrogen) atoms. The minimum atomic E-state index is 0. The third kappa shape index (κ3) is 2.69. The molecule has 1 aromatic carbocycles. The van der Waals surface area contributed by atoms with Gasteiger partial charge < -0.3 is 5.11 Å². The predicted molar refractivity (Wildman–Crippen MR) is 39.4 cm³/mol. The van der Waals surface area contributed by atoms with Gasteiger partial charge in [0.05, 0.1) is 0 Å². The molecule has 0 unspecified atom stereocenters. The molecule has 0 fully saturated rings. The maximum absolute atomic E-state index is 8.97. The van der Waals surface area contributed by atoms with E-state index in [1.807, 2.05) is 13.0 Å². The van der Waals surface area contributed by atoms with Crippen LogP contribution in [0, 0.1) is 13.0 Å². The van der Waals surface area contributed by atoms with Crippen LogP contribution in [0.25, 0.3) is 0 Å². The van der Waals surface area contributed by atoms with Crippen molar-refractivity contribution in [2.45, 2.75) is 6.92 Å². The first-order valence-electron chi connectivity index (χ1n) is 2.57. The molecule has 0 aliphatic heterocycles. The number of hydrogen-bond acceptors (Lipinski definition) is 1. The van der Waals surface area contributed by atoms with Gasteiger partial charge in [0.1, 0.15) is 0 Å². The first-order valence-corrected chi connectivity index (χ1v) is 3.36. The standard InChI is InChI=1S/C7H6BrO.Y/c1-5-4-6(8)2-3-7(5)9;/h2,4,9H,1H3;/q-1;. The molecule has 0 amide bonds. The van der Waals surface area contributed by atoms with Gasteiger partial charge >= 0.3 is 0 Å². The van der Waals surface area contributed by atoms with E-state index in [0.717, 1.165) is 10.0 Å². The van der Waals surface area contributed by atoms with E-state index in [4.69, 9.17) is 5.11 Å². The topological polar surface area (TPSA) is 20.2 Å². The summed E-state index contributed by atoms with van der Waals surface area (Å²) in [4.78, 5) is 0. The van der Waals surface area contributed by atoms with E-state index >= 15 is 0 Å². The first kappa shape index (κ1) is 10.6. The molecule has 0 atom stereocenters. The van der Waals surface area contributed by atoms with Crippen molar-refractivity contribution in [3.8, 4) is 5.75 Å². The molecule has 1 radical (unpaired) electrons. The van der Waals surface area contributed by atoms with Crippen LogP contribution in [0.1, 0.15) is 5.56 Å². The Kier molecular flexibility index (Phi) is 4.75. The Labute approximate surface area is 93.8 Å². The normalized spacial score (nSPS) is 8.60. The molecule has 0 aliphatic carbocycles. The number of aromatic hydroxyl groups is 1. The van der Waals surface area contributed by atoms with Gasteiger partial charge in [0, 0.05) is 38.5 Å². The fraction of sp³-hybridized carbons (Fsp3) is 0.143. The minimum absolute atomic E-state index is 0. The summed E-state index contributed by atoms with van der Waals surface area (Å²) >= 11 is 3.25. The maximum Gasteiger partial charge on any atom is 0.00691 e. The molecule has 0 saturated carbocycles. The van der Waals surface area contributed by atoms with E-state index in [-0.39, 0.29) is 38.5 Å². The minimum Gasteiger partial charge on any atom is -0.534 e. The number of aryl methyl sites for hydroxylation is 1. The quantitative estimate of drug-likeness (QED) is 0.720. The Morgan fingerprint density at radius 3 is 2.60 bits per heavy atom. The van der Waals surface area contributed by atoms with Crippen molar-refractivity contribution in [1.29, 1.82) is 0 Å². The van der Waals surface area contributed by atoms with Gasteiger partial charge in [-0.1, -0.05) is 11.4 Å². The van der Waals surface area contributed by atoms with E-state index in [2.05, 4.69) is 22.0 Å². The molecule has 51 valence electrons. The molecule has 1 rings (SSSR count). The first-order chi connectivity index (χ1) is 4.20. The fourth-order valence-electron chi connectivity index (χ4n) is 0.568. The molecule has 0 aliphatic rings. The number of rotatable bonds is 0. The van der Waals surface area contributed by atoms with Crippen molar-refractivity contribution in [2.75, 3.05) is 0 Å². The van der Waals surface area contributed by atoms with Gasteiger partial charge in [-0.3, -0.25) is 0 Å². The van der Waals surface area contributed by atoms with Crippen LogP contribution in [0.4, 0.5) is 0 Å². The molecule has 3 heteroatoms. The maximum atomic E-state index is 8.97. The number of hydrogen-bond donors (Lipinski definition) is 1. The summed E-state index contributed by atoms with van der Waals surface area (Å²) in [5.74, 6) is 0.221. The van der Waals surface area contributed by atoms with Crippen LogP contribution >= 0.6 is 15.9 Å². The summed E-state index contributed by atoms with van der Waals surface area (Å²) in [6.45, 7) is 1.83. The average Bonchev–Trinajstić information content (AvgIpc) is 1.80. The van der Waals surface area contributed by atoms with Gasteiger partial charge in [-0.25, -0.2) is 0 Å². The van der Waals surface area contributed by atoms with Gasteiger partial charge in [0.2, 0.25) is 0 Å². The number of halogens is 1. The Morgan fingerprint density at radius 1 is 1.60 bits per heavy atom. The molecule has 1 aromatic rings. The summed E-state index contributed by atoms with van der Waals surface area (Å²) in [5.41, 5.74) is 0.837. The molecule has 0 heterocycles. The molecule has 0 spiro atoms. The van der Waals surface area contributed by atoms with E-state index in [9.17, 15) is 0 Å². The van der Waals surface area contributed by atoms with Crippen molar-refractivity contribution >= 4 is 15.9 Å². The summed E-state index contributed by atoms with van der Waals surface area (Å²) in [6.07, 6.45) is 0. The van der Waals surface area contributed by atoms with Crippen LogP contribution in [0.3, 0.4) is 0 Å². The second-order valence-electron chi connectivity index (χ2n) is 1.85. The third-order valence-electron chi connectivity index (χ3n) is 1.07. The van der Waals surface area contributed by atoms with Crippen LogP contribution in [0.2, 0.25) is 0 Å². The Hall–Kier alpha value is 0.604. The van der Waals surface area contributed by atoms with Crippen LogP contribution < -0.4 is 0 Å². The SMILES string of the molecule is Cc1cc(Br)c[c-]c1O.[Y]. The second kappa shape index (κ2) is 4.48. The van der Waals surface area contributed by atoms with Crippen LogP contribution in [0.15, 0.2) is 16.6 Å². The van der Waals surface area contributed by atoms with Crippen molar-refractivity contribution in [3.63, 3.8) is 0 Å². The van der Waals surface area contributed by atoms with Crippen LogP contribution in [0.5, 0.6) is 5.75 Å². The van der Waals surface area contributed by atoms with Crippen molar-refractivity contribution in [1.82, 2.24) is 0 Å². The fourth-order valence-corrected chi connectivity index (χ4v) is 1.03. The van der Waals surface area contributed by atoms with E-state index < -0.39 is 0 Å². The molecular formula is C7H6BrOY-. The van der Waals surface area contributed by atoms with Crippen LogP contribution in [-0.2, 0) is 32.7 Å². The Morgan fingerprint density at radius 2 is 2.20 bits per heavy atom. The van der Waals surface area contributed by atoms with Gasteiger partial charge in [-0.05, 0) is 0 Å². The number of phenols is 1. The van der Waals surface area contributed by atoms with Crippen molar-refractivity contribution in [2.24, 2.45) is 0 Å². The summed E-state index contributed by atoms with van der Waals surface area (Å²) in [5, 5.41) is 8.97. The number of phenolic OH excluding ortho intramolecular Hbond substituents is 1. The predicted octanol–water partition coefficient (Wildman–Crippen LogP) is 2.26. The van der Waals surface area contributed by atoms with E-state index in [1.165, 1.54) is 0 Å². The molecule has 0 saturated heterocycles. The van der Waals surface area contributed by atoms with Crippen molar-refractivity contribution < 1.29 is 37.8 Å². The smallest absolute Gasteiger partial charge is 0.00691 e. The number of benzene rings is 1. The molecular weight excluding hydrogens is 269 g/mol.